The highest BCUT2D eigenvalue weighted by atomic mass is 79.9. The van der Waals surface area contributed by atoms with Crippen LogP contribution in [0.1, 0.15) is 27.0 Å². The zero-order valence-electron chi connectivity index (χ0n) is 16.7. The van der Waals surface area contributed by atoms with E-state index in [0.717, 1.165) is 6.07 Å². The SMILES string of the molecule is COc1cc(/C=N\NC(=O)c2ccc(C#N)cc2F)c(Br)cc1OCc1ccccc1F. The van der Waals surface area contributed by atoms with Gasteiger partial charge in [-0.2, -0.15) is 10.4 Å². The van der Waals surface area contributed by atoms with Crippen molar-refractivity contribution >= 4 is 28.1 Å². The zero-order chi connectivity index (χ0) is 23.1. The predicted molar refractivity (Wildman–Crippen MR) is 118 cm³/mol. The molecule has 3 aromatic carbocycles. The normalized spacial score (nSPS) is 10.6. The third-order valence-corrected chi connectivity index (χ3v) is 5.02. The van der Waals surface area contributed by atoms with Gasteiger partial charge in [0.25, 0.3) is 5.91 Å². The second-order valence-corrected chi connectivity index (χ2v) is 7.26. The molecule has 162 valence electrons. The molecule has 0 fully saturated rings. The van der Waals surface area contributed by atoms with Crippen LogP contribution in [0, 0.1) is 23.0 Å². The number of hydrogen-bond donors (Lipinski definition) is 1. The van der Waals surface area contributed by atoms with Gasteiger partial charge in [0.1, 0.15) is 18.2 Å². The summed E-state index contributed by atoms with van der Waals surface area (Å²) < 4.78 is 39.3. The summed E-state index contributed by atoms with van der Waals surface area (Å²) in [4.78, 5) is 12.1. The first-order valence-electron chi connectivity index (χ1n) is 9.19. The Hall–Kier alpha value is -3.77. The van der Waals surface area contributed by atoms with E-state index in [4.69, 9.17) is 14.7 Å². The van der Waals surface area contributed by atoms with Gasteiger partial charge in [0.15, 0.2) is 11.5 Å². The topological polar surface area (TPSA) is 83.7 Å². The minimum atomic E-state index is -0.823. The van der Waals surface area contributed by atoms with E-state index in [0.29, 0.717) is 27.1 Å². The highest BCUT2D eigenvalue weighted by Crippen LogP contribution is 2.33. The summed E-state index contributed by atoms with van der Waals surface area (Å²) in [6.45, 7) is 0.00905. The summed E-state index contributed by atoms with van der Waals surface area (Å²) in [6, 6.07) is 14.8. The number of hydrazone groups is 1. The largest absolute Gasteiger partial charge is 0.493 e. The minimum absolute atomic E-state index is 0.00905. The van der Waals surface area contributed by atoms with Crippen molar-refractivity contribution in [3.05, 3.63) is 93.0 Å². The van der Waals surface area contributed by atoms with E-state index in [1.807, 2.05) is 0 Å². The molecule has 0 atom stereocenters. The lowest BCUT2D eigenvalue weighted by Gasteiger charge is -2.13. The van der Waals surface area contributed by atoms with Crippen LogP contribution in [-0.2, 0) is 6.61 Å². The molecule has 0 radical (unpaired) electrons. The molecule has 3 rings (SSSR count). The Bertz CT molecular complexity index is 1230. The number of nitrogens with zero attached hydrogens (tertiary/aromatic N) is 2. The van der Waals surface area contributed by atoms with Crippen molar-refractivity contribution in [2.75, 3.05) is 7.11 Å². The predicted octanol–water partition coefficient (Wildman–Crippen LogP) is 4.95. The molecule has 0 spiro atoms. The number of benzene rings is 3. The molecule has 3 aromatic rings. The van der Waals surface area contributed by atoms with Crippen LogP contribution in [0.25, 0.3) is 0 Å². The smallest absolute Gasteiger partial charge is 0.274 e. The molecule has 0 saturated carbocycles. The van der Waals surface area contributed by atoms with Crippen molar-refractivity contribution in [3.8, 4) is 17.6 Å². The van der Waals surface area contributed by atoms with Crippen LogP contribution in [0.5, 0.6) is 11.5 Å². The van der Waals surface area contributed by atoms with Crippen LogP contribution in [0.15, 0.2) is 64.2 Å². The summed E-state index contributed by atoms with van der Waals surface area (Å²) in [5, 5.41) is 12.6. The van der Waals surface area contributed by atoms with E-state index < -0.39 is 11.7 Å². The van der Waals surface area contributed by atoms with Crippen molar-refractivity contribution in [3.63, 3.8) is 0 Å². The van der Waals surface area contributed by atoms with Crippen molar-refractivity contribution in [1.29, 1.82) is 5.26 Å². The fourth-order valence-electron chi connectivity index (χ4n) is 2.68. The van der Waals surface area contributed by atoms with Crippen LogP contribution in [0.3, 0.4) is 0 Å². The van der Waals surface area contributed by atoms with E-state index in [2.05, 4.69) is 26.5 Å². The number of methoxy groups -OCH3 is 1. The number of rotatable bonds is 7. The molecule has 1 N–H and O–H groups in total. The Balaban J connectivity index is 1.71. The Morgan fingerprint density at radius 1 is 1.16 bits per heavy atom. The fraction of sp³-hybridized carbons (Fsp3) is 0.0870. The van der Waals surface area contributed by atoms with Gasteiger partial charge in [-0.3, -0.25) is 4.79 Å². The second-order valence-electron chi connectivity index (χ2n) is 6.41. The number of amides is 1. The molecule has 6 nitrogen and oxygen atoms in total. The Morgan fingerprint density at radius 3 is 2.62 bits per heavy atom. The maximum Gasteiger partial charge on any atom is 0.274 e. The quantitative estimate of drug-likeness (QED) is 0.368. The average molecular weight is 500 g/mol. The van der Waals surface area contributed by atoms with Gasteiger partial charge in [-0.1, -0.05) is 18.2 Å². The molecule has 1 amide bonds. The molecule has 0 saturated heterocycles. The van der Waals surface area contributed by atoms with E-state index in [-0.39, 0.29) is 23.6 Å². The second kappa shape index (κ2) is 10.5. The molecular formula is C23H16BrF2N3O3. The van der Waals surface area contributed by atoms with Gasteiger partial charge >= 0.3 is 0 Å². The molecular weight excluding hydrogens is 484 g/mol. The Labute approximate surface area is 191 Å². The van der Waals surface area contributed by atoms with E-state index >= 15 is 0 Å². The first-order valence-corrected chi connectivity index (χ1v) is 9.99. The first kappa shape index (κ1) is 22.9. The van der Waals surface area contributed by atoms with Crippen molar-refractivity contribution < 1.29 is 23.0 Å². The zero-order valence-corrected chi connectivity index (χ0v) is 18.3. The molecule has 0 aliphatic carbocycles. The van der Waals surface area contributed by atoms with E-state index in [1.54, 1.807) is 36.4 Å². The third-order valence-electron chi connectivity index (χ3n) is 4.34. The standard InChI is InChI=1S/C23H16BrF2N3O3/c1-31-21-9-16(12-28-29-23(30)17-7-6-14(11-27)8-20(17)26)18(24)10-22(21)32-13-15-4-2-3-5-19(15)25/h2-10,12H,13H2,1H3,(H,29,30)/b28-12-. The Morgan fingerprint density at radius 2 is 1.94 bits per heavy atom. The highest BCUT2D eigenvalue weighted by Gasteiger charge is 2.13. The van der Waals surface area contributed by atoms with Gasteiger partial charge in [0.05, 0.1) is 30.5 Å². The maximum absolute atomic E-state index is 13.9. The van der Waals surface area contributed by atoms with Crippen molar-refractivity contribution in [1.82, 2.24) is 5.43 Å². The number of nitrogens with one attached hydrogen (secondary N) is 1. The third kappa shape index (κ3) is 5.47. The average Bonchev–Trinajstić information content (AvgIpc) is 2.79. The van der Waals surface area contributed by atoms with Gasteiger partial charge in [-0.25, -0.2) is 14.2 Å². The summed E-state index contributed by atoms with van der Waals surface area (Å²) in [5.41, 5.74) is 3.04. The van der Waals surface area contributed by atoms with Crippen LogP contribution >= 0.6 is 15.9 Å². The van der Waals surface area contributed by atoms with E-state index in [9.17, 15) is 13.6 Å². The molecule has 0 aliphatic heterocycles. The van der Waals surface area contributed by atoms with Crippen molar-refractivity contribution in [2.45, 2.75) is 6.61 Å². The summed E-state index contributed by atoms with van der Waals surface area (Å²) in [5.74, 6) is -1.21. The molecule has 0 heterocycles. The molecule has 9 heteroatoms. The van der Waals surface area contributed by atoms with Crippen LogP contribution in [0.2, 0.25) is 0 Å². The van der Waals surface area contributed by atoms with Gasteiger partial charge < -0.3 is 9.47 Å². The number of ether oxygens (including phenoxy) is 2. The van der Waals surface area contributed by atoms with Gasteiger partial charge in [-0.15, -0.1) is 0 Å². The number of hydrogen-bond acceptors (Lipinski definition) is 5. The number of halogens is 3. The molecule has 0 bridgehead atoms. The van der Waals surface area contributed by atoms with Gasteiger partial charge in [-0.05, 0) is 52.3 Å². The highest BCUT2D eigenvalue weighted by molar-refractivity contribution is 9.10. The monoisotopic (exact) mass is 499 g/mol. The number of nitriles is 1. The maximum atomic E-state index is 13.9. The lowest BCUT2D eigenvalue weighted by atomic mass is 10.1. The van der Waals surface area contributed by atoms with Crippen LogP contribution in [0.4, 0.5) is 8.78 Å². The lowest BCUT2D eigenvalue weighted by molar-refractivity contribution is 0.0951. The lowest BCUT2D eigenvalue weighted by Crippen LogP contribution is -2.19. The molecule has 32 heavy (non-hydrogen) atoms. The molecule has 0 aliphatic rings. The minimum Gasteiger partial charge on any atom is -0.493 e. The number of carbonyl (C=O) groups excluding carboxylic acids is 1. The summed E-state index contributed by atoms with van der Waals surface area (Å²) >= 11 is 3.39. The first-order chi connectivity index (χ1) is 15.4. The van der Waals surface area contributed by atoms with Crippen LogP contribution in [-0.4, -0.2) is 19.2 Å². The van der Waals surface area contributed by atoms with Gasteiger partial charge in [0, 0.05) is 15.6 Å². The van der Waals surface area contributed by atoms with Gasteiger partial charge in [0.2, 0.25) is 0 Å². The summed E-state index contributed by atoms with van der Waals surface area (Å²) in [6.07, 6.45) is 1.34. The molecule has 0 aromatic heterocycles. The Kier molecular flexibility index (Phi) is 7.52. The molecule has 0 unspecified atom stereocenters. The number of carbonyl (C=O) groups is 1. The van der Waals surface area contributed by atoms with E-state index in [1.165, 1.54) is 31.5 Å². The van der Waals surface area contributed by atoms with Crippen molar-refractivity contribution in [2.24, 2.45) is 5.10 Å². The van der Waals surface area contributed by atoms with Crippen LogP contribution < -0.4 is 14.9 Å². The fourth-order valence-corrected chi connectivity index (χ4v) is 3.11. The summed E-state index contributed by atoms with van der Waals surface area (Å²) in [7, 11) is 1.45.